The Morgan fingerprint density at radius 2 is 2.00 bits per heavy atom. The van der Waals surface area contributed by atoms with Gasteiger partial charge in [-0.1, -0.05) is 12.1 Å². The molecule has 0 unspecified atom stereocenters. The van der Waals surface area contributed by atoms with E-state index in [2.05, 4.69) is 0 Å². The van der Waals surface area contributed by atoms with Crippen LogP contribution in [0.15, 0.2) is 42.6 Å². The highest BCUT2D eigenvalue weighted by Crippen LogP contribution is 2.23. The standard InChI is InChI=1S/C12H13N3O2/c13-8-7-10-4-3-9-14(10)11-5-1-2-6-12(11)15(16)17/h1-6,9H,7-8,13H2. The molecule has 88 valence electrons. The molecule has 0 saturated carbocycles. The summed E-state index contributed by atoms with van der Waals surface area (Å²) in [7, 11) is 0. The van der Waals surface area contributed by atoms with E-state index in [-0.39, 0.29) is 10.6 Å². The van der Waals surface area contributed by atoms with Gasteiger partial charge < -0.3 is 10.3 Å². The zero-order valence-electron chi connectivity index (χ0n) is 9.24. The maximum absolute atomic E-state index is 11.0. The van der Waals surface area contributed by atoms with E-state index in [9.17, 15) is 10.1 Å². The van der Waals surface area contributed by atoms with Crippen molar-refractivity contribution >= 4 is 5.69 Å². The molecule has 1 heterocycles. The molecule has 0 amide bonds. The third-order valence-electron chi connectivity index (χ3n) is 2.57. The highest BCUT2D eigenvalue weighted by atomic mass is 16.6. The van der Waals surface area contributed by atoms with E-state index < -0.39 is 0 Å². The SMILES string of the molecule is NCCc1cccn1-c1ccccc1[N+](=O)[O-]. The second-order valence-corrected chi connectivity index (χ2v) is 3.65. The summed E-state index contributed by atoms with van der Waals surface area (Å²) >= 11 is 0. The number of para-hydroxylation sites is 2. The van der Waals surface area contributed by atoms with Crippen LogP contribution in [0.25, 0.3) is 5.69 Å². The van der Waals surface area contributed by atoms with Gasteiger partial charge in [0.05, 0.1) is 4.92 Å². The van der Waals surface area contributed by atoms with Gasteiger partial charge in [-0.2, -0.15) is 0 Å². The van der Waals surface area contributed by atoms with E-state index in [1.807, 2.05) is 22.9 Å². The van der Waals surface area contributed by atoms with Crippen molar-refractivity contribution in [1.29, 1.82) is 0 Å². The fourth-order valence-electron chi connectivity index (χ4n) is 1.83. The highest BCUT2D eigenvalue weighted by molar-refractivity contribution is 5.53. The first kappa shape index (κ1) is 11.3. The van der Waals surface area contributed by atoms with E-state index in [4.69, 9.17) is 5.73 Å². The molecule has 0 aliphatic rings. The molecule has 0 atom stereocenters. The van der Waals surface area contributed by atoms with Gasteiger partial charge in [0.15, 0.2) is 0 Å². The van der Waals surface area contributed by atoms with Crippen LogP contribution in [-0.2, 0) is 6.42 Å². The summed E-state index contributed by atoms with van der Waals surface area (Å²) in [6, 6.07) is 10.5. The molecule has 0 fully saturated rings. The van der Waals surface area contributed by atoms with Crippen LogP contribution >= 0.6 is 0 Å². The zero-order chi connectivity index (χ0) is 12.3. The molecule has 1 aromatic carbocycles. The minimum Gasteiger partial charge on any atom is -0.330 e. The Morgan fingerprint density at radius 1 is 1.24 bits per heavy atom. The second kappa shape index (κ2) is 4.80. The van der Waals surface area contributed by atoms with Gasteiger partial charge in [-0.15, -0.1) is 0 Å². The number of nitrogens with two attached hydrogens (primary N) is 1. The van der Waals surface area contributed by atoms with Gasteiger partial charge in [-0.25, -0.2) is 0 Å². The minimum absolute atomic E-state index is 0.0990. The van der Waals surface area contributed by atoms with E-state index in [0.717, 1.165) is 5.69 Å². The predicted molar refractivity (Wildman–Crippen MR) is 65.2 cm³/mol. The lowest BCUT2D eigenvalue weighted by molar-refractivity contribution is -0.384. The van der Waals surface area contributed by atoms with Crippen LogP contribution in [0, 0.1) is 10.1 Å². The monoisotopic (exact) mass is 231 g/mol. The number of hydrogen-bond acceptors (Lipinski definition) is 3. The number of rotatable bonds is 4. The Morgan fingerprint density at radius 3 is 2.71 bits per heavy atom. The summed E-state index contributed by atoms with van der Waals surface area (Å²) in [5, 5.41) is 11.0. The molecule has 0 aliphatic carbocycles. The third kappa shape index (κ3) is 2.19. The summed E-state index contributed by atoms with van der Waals surface area (Å²) < 4.78 is 1.81. The average molecular weight is 231 g/mol. The lowest BCUT2D eigenvalue weighted by Crippen LogP contribution is -2.08. The Labute approximate surface area is 98.6 Å². The molecule has 5 nitrogen and oxygen atoms in total. The summed E-state index contributed by atoms with van der Waals surface area (Å²) in [4.78, 5) is 10.6. The third-order valence-corrected chi connectivity index (χ3v) is 2.57. The number of nitro groups is 1. The summed E-state index contributed by atoms with van der Waals surface area (Å²) in [5.41, 5.74) is 7.17. The van der Waals surface area contributed by atoms with Gasteiger partial charge in [0, 0.05) is 24.4 Å². The summed E-state index contributed by atoms with van der Waals surface area (Å²) in [5.74, 6) is 0. The van der Waals surface area contributed by atoms with Gasteiger partial charge in [-0.3, -0.25) is 10.1 Å². The zero-order valence-corrected chi connectivity index (χ0v) is 9.24. The summed E-state index contributed by atoms with van der Waals surface area (Å²) in [6.45, 7) is 0.518. The van der Waals surface area contributed by atoms with Crippen molar-refractivity contribution in [3.05, 3.63) is 58.4 Å². The Kier molecular flexibility index (Phi) is 3.20. The van der Waals surface area contributed by atoms with E-state index in [1.54, 1.807) is 18.2 Å². The molecule has 1 aromatic heterocycles. The molecule has 2 rings (SSSR count). The number of nitrogens with zero attached hydrogens (tertiary/aromatic N) is 2. The van der Waals surface area contributed by atoms with E-state index in [1.165, 1.54) is 6.07 Å². The Bertz CT molecular complexity index is 534. The van der Waals surface area contributed by atoms with Gasteiger partial charge in [-0.05, 0) is 24.7 Å². The molecule has 2 N–H and O–H groups in total. The van der Waals surface area contributed by atoms with Gasteiger partial charge in [0.1, 0.15) is 5.69 Å². The first-order valence-electron chi connectivity index (χ1n) is 5.34. The van der Waals surface area contributed by atoms with Gasteiger partial charge in [0.2, 0.25) is 0 Å². The van der Waals surface area contributed by atoms with Crippen LogP contribution in [0.4, 0.5) is 5.69 Å². The molecule has 0 aliphatic heterocycles. The molecular weight excluding hydrogens is 218 g/mol. The van der Waals surface area contributed by atoms with Crippen molar-refractivity contribution in [1.82, 2.24) is 4.57 Å². The molecule has 0 saturated heterocycles. The smallest absolute Gasteiger partial charge is 0.293 e. The van der Waals surface area contributed by atoms with Gasteiger partial charge >= 0.3 is 0 Å². The van der Waals surface area contributed by atoms with Crippen molar-refractivity contribution < 1.29 is 4.92 Å². The molecule has 17 heavy (non-hydrogen) atoms. The normalized spacial score (nSPS) is 10.4. The highest BCUT2D eigenvalue weighted by Gasteiger charge is 2.15. The van der Waals surface area contributed by atoms with Crippen LogP contribution in [-0.4, -0.2) is 16.0 Å². The maximum atomic E-state index is 11.0. The quantitative estimate of drug-likeness (QED) is 0.645. The van der Waals surface area contributed by atoms with Crippen molar-refractivity contribution in [2.75, 3.05) is 6.54 Å². The van der Waals surface area contributed by atoms with Crippen molar-refractivity contribution in [3.63, 3.8) is 0 Å². The number of benzene rings is 1. The fraction of sp³-hybridized carbons (Fsp3) is 0.167. The van der Waals surface area contributed by atoms with Crippen molar-refractivity contribution in [2.24, 2.45) is 5.73 Å². The maximum Gasteiger partial charge on any atom is 0.293 e. The lowest BCUT2D eigenvalue weighted by Gasteiger charge is -2.08. The van der Waals surface area contributed by atoms with Crippen molar-refractivity contribution in [2.45, 2.75) is 6.42 Å². The number of aromatic nitrogens is 1. The van der Waals surface area contributed by atoms with Crippen LogP contribution in [0.3, 0.4) is 0 Å². The van der Waals surface area contributed by atoms with E-state index in [0.29, 0.717) is 18.7 Å². The number of nitro benzene ring substituents is 1. The lowest BCUT2D eigenvalue weighted by atomic mass is 10.2. The Hall–Kier alpha value is -2.14. The summed E-state index contributed by atoms with van der Waals surface area (Å²) in [6.07, 6.45) is 2.51. The molecule has 0 spiro atoms. The fourth-order valence-corrected chi connectivity index (χ4v) is 1.83. The van der Waals surface area contributed by atoms with E-state index >= 15 is 0 Å². The molecule has 2 aromatic rings. The second-order valence-electron chi connectivity index (χ2n) is 3.65. The van der Waals surface area contributed by atoms with Crippen LogP contribution < -0.4 is 5.73 Å². The van der Waals surface area contributed by atoms with Gasteiger partial charge in [0.25, 0.3) is 5.69 Å². The molecular formula is C12H13N3O2. The number of hydrogen-bond donors (Lipinski definition) is 1. The Balaban J connectivity index is 2.52. The topological polar surface area (TPSA) is 74.1 Å². The van der Waals surface area contributed by atoms with Crippen LogP contribution in [0.5, 0.6) is 0 Å². The van der Waals surface area contributed by atoms with Crippen LogP contribution in [0.1, 0.15) is 5.69 Å². The average Bonchev–Trinajstić information content (AvgIpc) is 2.77. The van der Waals surface area contributed by atoms with Crippen LogP contribution in [0.2, 0.25) is 0 Å². The predicted octanol–water partition coefficient (Wildman–Crippen LogP) is 1.89. The molecule has 5 heteroatoms. The molecule has 0 radical (unpaired) electrons. The largest absolute Gasteiger partial charge is 0.330 e. The van der Waals surface area contributed by atoms with Crippen molar-refractivity contribution in [3.8, 4) is 5.69 Å². The minimum atomic E-state index is -0.373. The molecule has 0 bridgehead atoms. The first-order valence-corrected chi connectivity index (χ1v) is 5.34. The first-order chi connectivity index (χ1) is 8.24.